The van der Waals surface area contributed by atoms with Crippen molar-refractivity contribution in [3.63, 3.8) is 0 Å². The minimum atomic E-state index is -0.178. The molecule has 5 heteroatoms. The molecule has 1 aromatic rings. The summed E-state index contributed by atoms with van der Waals surface area (Å²) in [5, 5.41) is 7.79. The summed E-state index contributed by atoms with van der Waals surface area (Å²) in [5.41, 5.74) is 0.516. The predicted molar refractivity (Wildman–Crippen MR) is 52.8 cm³/mol. The summed E-state index contributed by atoms with van der Waals surface area (Å²) in [6, 6.07) is 1.43. The molecule has 0 aromatic carbocycles. The molecule has 0 spiro atoms. The highest BCUT2D eigenvalue weighted by Crippen LogP contribution is 1.94. The summed E-state index contributed by atoms with van der Waals surface area (Å²) >= 11 is 0. The first-order chi connectivity index (χ1) is 6.72. The summed E-state index contributed by atoms with van der Waals surface area (Å²) < 4.78 is 0. The summed E-state index contributed by atoms with van der Waals surface area (Å²) in [6.45, 7) is 2.41. The number of nitrogens with one attached hydrogen (secondary N) is 3. The van der Waals surface area contributed by atoms with Crippen LogP contribution in [0.25, 0.3) is 0 Å². The molecule has 0 atom stereocenters. The molecule has 78 valence electrons. The topological polar surface area (TPSA) is 77.8 Å². The van der Waals surface area contributed by atoms with Crippen molar-refractivity contribution in [1.82, 2.24) is 15.5 Å². The zero-order valence-electron chi connectivity index (χ0n) is 8.22. The first-order valence-corrected chi connectivity index (χ1v) is 4.75. The first-order valence-electron chi connectivity index (χ1n) is 4.75. The highest BCUT2D eigenvalue weighted by atomic mass is 16.1. The lowest BCUT2D eigenvalue weighted by Gasteiger charge is -2.01. The van der Waals surface area contributed by atoms with Gasteiger partial charge in [-0.25, -0.2) is 0 Å². The largest absolute Gasteiger partial charge is 0.350 e. The van der Waals surface area contributed by atoms with E-state index in [-0.39, 0.29) is 11.5 Å². The minimum absolute atomic E-state index is 0.0221. The van der Waals surface area contributed by atoms with Crippen LogP contribution in [-0.4, -0.2) is 16.1 Å². The number of unbranched alkanes of at least 4 members (excludes halogenated alkanes) is 1. The van der Waals surface area contributed by atoms with Crippen LogP contribution in [0, 0.1) is 0 Å². The monoisotopic (exact) mass is 197 g/mol. The number of H-pyrrole nitrogens is 2. The highest BCUT2D eigenvalue weighted by Gasteiger charge is 2.01. The van der Waals surface area contributed by atoms with Gasteiger partial charge in [0.05, 0.1) is 12.2 Å². The molecule has 1 amide bonds. The Morgan fingerprint density at radius 1 is 1.50 bits per heavy atom. The van der Waals surface area contributed by atoms with Gasteiger partial charge in [0.2, 0.25) is 5.91 Å². The van der Waals surface area contributed by atoms with Crippen LogP contribution >= 0.6 is 0 Å². The van der Waals surface area contributed by atoms with Crippen LogP contribution in [-0.2, 0) is 11.3 Å². The first kappa shape index (κ1) is 10.6. The molecular formula is C9H15N3O2. The highest BCUT2D eigenvalue weighted by molar-refractivity contribution is 5.75. The van der Waals surface area contributed by atoms with Gasteiger partial charge in [-0.2, -0.15) is 0 Å². The predicted octanol–water partition coefficient (Wildman–Crippen LogP) is 0.509. The van der Waals surface area contributed by atoms with Crippen LogP contribution in [0.3, 0.4) is 0 Å². The SMILES string of the molecule is CCCCC(=O)NCc1cc(=O)[nH][nH]1. The summed E-state index contributed by atoms with van der Waals surface area (Å²) in [7, 11) is 0. The number of carbonyl (C=O) groups excluding carboxylic acids is 1. The van der Waals surface area contributed by atoms with Gasteiger partial charge in [-0.15, -0.1) is 0 Å². The average Bonchev–Trinajstić information content (AvgIpc) is 2.58. The molecule has 0 bridgehead atoms. The van der Waals surface area contributed by atoms with Gasteiger partial charge in [0.15, 0.2) is 0 Å². The van der Waals surface area contributed by atoms with Crippen LogP contribution in [0.4, 0.5) is 0 Å². The second kappa shape index (κ2) is 5.26. The van der Waals surface area contributed by atoms with Gasteiger partial charge in [0, 0.05) is 12.5 Å². The van der Waals surface area contributed by atoms with Crippen molar-refractivity contribution < 1.29 is 4.79 Å². The minimum Gasteiger partial charge on any atom is -0.350 e. The Morgan fingerprint density at radius 2 is 2.29 bits per heavy atom. The van der Waals surface area contributed by atoms with E-state index in [9.17, 15) is 9.59 Å². The molecule has 5 nitrogen and oxygen atoms in total. The fourth-order valence-corrected chi connectivity index (χ4v) is 1.09. The van der Waals surface area contributed by atoms with Crippen molar-refractivity contribution in [3.05, 3.63) is 22.1 Å². The van der Waals surface area contributed by atoms with Crippen molar-refractivity contribution in [2.24, 2.45) is 0 Å². The number of aromatic nitrogens is 2. The third-order valence-corrected chi connectivity index (χ3v) is 1.88. The lowest BCUT2D eigenvalue weighted by Crippen LogP contribution is -2.22. The number of hydrogen-bond acceptors (Lipinski definition) is 2. The Hall–Kier alpha value is -1.52. The van der Waals surface area contributed by atoms with Crippen molar-refractivity contribution >= 4 is 5.91 Å². The van der Waals surface area contributed by atoms with Gasteiger partial charge in [-0.1, -0.05) is 13.3 Å². The van der Waals surface area contributed by atoms with Crippen molar-refractivity contribution in [3.8, 4) is 0 Å². The summed E-state index contributed by atoms with van der Waals surface area (Å²) in [4.78, 5) is 21.9. The molecule has 0 unspecified atom stereocenters. The van der Waals surface area contributed by atoms with Crippen LogP contribution in [0.2, 0.25) is 0 Å². The number of carbonyl (C=O) groups is 1. The van der Waals surface area contributed by atoms with Crippen LogP contribution in [0.1, 0.15) is 31.9 Å². The van der Waals surface area contributed by atoms with E-state index in [0.29, 0.717) is 18.7 Å². The summed E-state index contributed by atoms with van der Waals surface area (Å²) in [6.07, 6.45) is 2.45. The second-order valence-electron chi connectivity index (χ2n) is 3.16. The quantitative estimate of drug-likeness (QED) is 0.643. The molecule has 0 aliphatic rings. The fraction of sp³-hybridized carbons (Fsp3) is 0.556. The van der Waals surface area contributed by atoms with E-state index in [2.05, 4.69) is 15.5 Å². The van der Waals surface area contributed by atoms with Gasteiger partial charge in [-0.3, -0.25) is 14.7 Å². The Labute approximate surface area is 81.9 Å². The Kier molecular flexibility index (Phi) is 3.97. The lowest BCUT2D eigenvalue weighted by atomic mass is 10.2. The van der Waals surface area contributed by atoms with E-state index in [1.807, 2.05) is 6.92 Å². The van der Waals surface area contributed by atoms with Gasteiger partial charge in [-0.05, 0) is 6.42 Å². The van der Waals surface area contributed by atoms with Gasteiger partial charge >= 0.3 is 0 Å². The molecular weight excluding hydrogens is 182 g/mol. The number of aromatic amines is 2. The molecule has 3 N–H and O–H groups in total. The van der Waals surface area contributed by atoms with Gasteiger partial charge in [0.25, 0.3) is 5.56 Å². The standard InChI is InChI=1S/C9H15N3O2/c1-2-3-4-8(13)10-6-7-5-9(14)12-11-7/h5H,2-4,6H2,1H3,(H,10,13)(H2,11,12,14). The van der Waals surface area contributed by atoms with Gasteiger partial charge in [0.1, 0.15) is 0 Å². The average molecular weight is 197 g/mol. The second-order valence-corrected chi connectivity index (χ2v) is 3.16. The van der Waals surface area contributed by atoms with E-state index in [1.165, 1.54) is 6.07 Å². The van der Waals surface area contributed by atoms with Crippen molar-refractivity contribution in [2.45, 2.75) is 32.7 Å². The van der Waals surface area contributed by atoms with Crippen LogP contribution in [0.15, 0.2) is 10.9 Å². The molecule has 0 fully saturated rings. The molecule has 1 aromatic heterocycles. The molecule has 0 aliphatic heterocycles. The number of amides is 1. The molecule has 0 radical (unpaired) electrons. The smallest absolute Gasteiger partial charge is 0.264 e. The van der Waals surface area contributed by atoms with Crippen molar-refractivity contribution in [2.75, 3.05) is 0 Å². The zero-order valence-corrected chi connectivity index (χ0v) is 8.22. The summed E-state index contributed by atoms with van der Waals surface area (Å²) in [5.74, 6) is 0.0221. The Bertz CT molecular complexity index is 340. The fourth-order valence-electron chi connectivity index (χ4n) is 1.09. The molecule has 0 aliphatic carbocycles. The Balaban J connectivity index is 2.27. The van der Waals surface area contributed by atoms with Gasteiger partial charge < -0.3 is 10.4 Å². The zero-order chi connectivity index (χ0) is 10.4. The van der Waals surface area contributed by atoms with E-state index in [1.54, 1.807) is 0 Å². The number of rotatable bonds is 5. The van der Waals surface area contributed by atoms with Crippen LogP contribution in [0.5, 0.6) is 0 Å². The maximum atomic E-state index is 11.2. The van der Waals surface area contributed by atoms with Crippen LogP contribution < -0.4 is 10.9 Å². The number of hydrogen-bond donors (Lipinski definition) is 3. The maximum Gasteiger partial charge on any atom is 0.264 e. The molecule has 1 rings (SSSR count). The third kappa shape index (κ3) is 3.47. The molecule has 14 heavy (non-hydrogen) atoms. The van der Waals surface area contributed by atoms with E-state index < -0.39 is 0 Å². The van der Waals surface area contributed by atoms with E-state index in [0.717, 1.165) is 12.8 Å². The van der Waals surface area contributed by atoms with E-state index >= 15 is 0 Å². The maximum absolute atomic E-state index is 11.2. The lowest BCUT2D eigenvalue weighted by molar-refractivity contribution is -0.121. The molecule has 0 saturated carbocycles. The van der Waals surface area contributed by atoms with Crippen molar-refractivity contribution in [1.29, 1.82) is 0 Å². The van der Waals surface area contributed by atoms with E-state index in [4.69, 9.17) is 0 Å². The Morgan fingerprint density at radius 3 is 2.86 bits per heavy atom. The normalized spacial score (nSPS) is 10.1. The molecule has 1 heterocycles. The molecule has 0 saturated heterocycles. The third-order valence-electron chi connectivity index (χ3n) is 1.88.